The molecule has 0 aromatic rings. The maximum Gasteiger partial charge on any atom is 0.412 e. The van der Waals surface area contributed by atoms with Crippen molar-refractivity contribution >= 4 is 5.91 Å². The number of hydrogen-bond acceptors (Lipinski definition) is 2. The smallest absolute Gasteiger partial charge is 0.337 e. The average Bonchev–Trinajstić information content (AvgIpc) is 2.75. The average molecular weight is 262 g/mol. The van der Waals surface area contributed by atoms with Crippen LogP contribution >= 0.6 is 0 Å². The number of alkyl halides is 3. The van der Waals surface area contributed by atoms with Gasteiger partial charge in [0.15, 0.2) is 0 Å². The molecule has 0 bridgehead atoms. The van der Waals surface area contributed by atoms with Gasteiger partial charge in [0.25, 0.3) is 0 Å². The third-order valence-corrected chi connectivity index (χ3v) is 3.78. The predicted octanol–water partition coefficient (Wildman–Crippen LogP) is 1.98. The summed E-state index contributed by atoms with van der Waals surface area (Å²) >= 11 is 0. The van der Waals surface area contributed by atoms with Crippen molar-refractivity contribution in [1.29, 1.82) is 0 Å². The van der Waals surface area contributed by atoms with Crippen LogP contribution in [0.4, 0.5) is 13.2 Å². The summed E-state index contributed by atoms with van der Waals surface area (Å²) in [6, 6.07) is 0. The van der Waals surface area contributed by atoms with Gasteiger partial charge < -0.3 is 10.6 Å². The maximum atomic E-state index is 12.4. The third kappa shape index (κ3) is 2.53. The van der Waals surface area contributed by atoms with E-state index in [0.717, 1.165) is 18.9 Å². The largest absolute Gasteiger partial charge is 0.412 e. The van der Waals surface area contributed by atoms with Gasteiger partial charge in [0.1, 0.15) is 0 Å². The summed E-state index contributed by atoms with van der Waals surface area (Å²) in [5.74, 6) is -0.197. The Hall–Kier alpha value is -1.04. The number of halogens is 3. The van der Waals surface area contributed by atoms with Crippen LogP contribution in [0.15, 0.2) is 11.6 Å². The second kappa shape index (κ2) is 4.57. The molecule has 0 aromatic carbocycles. The van der Waals surface area contributed by atoms with Gasteiger partial charge in [-0.3, -0.25) is 4.79 Å². The number of carbonyl (C=O) groups is 1. The molecule has 1 heterocycles. The number of carbonyl (C=O) groups excluding carboxylic acids is 1. The number of nitrogens with two attached hydrogens (primary N) is 1. The molecule has 2 rings (SSSR count). The number of nitrogens with zero attached hydrogens (tertiary/aromatic N) is 1. The fourth-order valence-corrected chi connectivity index (χ4v) is 2.65. The van der Waals surface area contributed by atoms with Crippen LogP contribution < -0.4 is 5.73 Å². The Morgan fingerprint density at radius 1 is 1.33 bits per heavy atom. The van der Waals surface area contributed by atoms with E-state index >= 15 is 0 Å². The van der Waals surface area contributed by atoms with Gasteiger partial charge in [0, 0.05) is 18.7 Å². The topological polar surface area (TPSA) is 46.3 Å². The first-order valence-corrected chi connectivity index (χ1v) is 6.17. The van der Waals surface area contributed by atoms with E-state index in [1.165, 1.54) is 4.90 Å². The van der Waals surface area contributed by atoms with Gasteiger partial charge in [-0.2, -0.15) is 13.2 Å². The van der Waals surface area contributed by atoms with Gasteiger partial charge in [0.05, 0.1) is 5.54 Å². The molecule has 0 spiro atoms. The first-order chi connectivity index (χ1) is 8.33. The summed E-state index contributed by atoms with van der Waals surface area (Å²) in [4.78, 5) is 13.6. The molecule has 102 valence electrons. The molecular weight excluding hydrogens is 245 g/mol. The van der Waals surface area contributed by atoms with E-state index in [1.54, 1.807) is 0 Å². The molecule has 0 aromatic heterocycles. The van der Waals surface area contributed by atoms with E-state index in [2.05, 4.69) is 0 Å². The van der Waals surface area contributed by atoms with Crippen molar-refractivity contribution in [3.63, 3.8) is 0 Å². The second-order valence-electron chi connectivity index (χ2n) is 5.09. The molecule has 2 aliphatic rings. The molecule has 6 heteroatoms. The highest BCUT2D eigenvalue weighted by Gasteiger charge is 2.41. The summed E-state index contributed by atoms with van der Waals surface area (Å²) in [5.41, 5.74) is 4.64. The fraction of sp³-hybridized carbons (Fsp3) is 0.750. The molecule has 0 atom stereocenters. The maximum absolute atomic E-state index is 12.4. The van der Waals surface area contributed by atoms with E-state index in [-0.39, 0.29) is 25.4 Å². The number of rotatable bonds is 1. The predicted molar refractivity (Wildman–Crippen MR) is 60.7 cm³/mol. The zero-order valence-corrected chi connectivity index (χ0v) is 10.1. The van der Waals surface area contributed by atoms with Gasteiger partial charge in [-0.25, -0.2) is 0 Å². The summed E-state index contributed by atoms with van der Waals surface area (Å²) in [6.07, 6.45) is -0.205. The fourth-order valence-electron chi connectivity index (χ4n) is 2.65. The standard InChI is InChI=1S/C12H17F3N2O/c13-12(14,15)9-3-7-17(8-4-9)10(18)11(16)5-1-2-6-11/h3H,1-2,4-8,16H2. The van der Waals surface area contributed by atoms with E-state index < -0.39 is 17.3 Å². The minimum absolute atomic E-state index is 0.0205. The van der Waals surface area contributed by atoms with Crippen LogP contribution in [0, 0.1) is 0 Å². The molecule has 1 saturated carbocycles. The zero-order valence-electron chi connectivity index (χ0n) is 10.1. The Bertz CT molecular complexity index is 370. The van der Waals surface area contributed by atoms with Crippen LogP contribution in [0.3, 0.4) is 0 Å². The highest BCUT2D eigenvalue weighted by atomic mass is 19.4. The Morgan fingerprint density at radius 2 is 1.94 bits per heavy atom. The van der Waals surface area contributed by atoms with Crippen molar-refractivity contribution in [2.75, 3.05) is 13.1 Å². The van der Waals surface area contributed by atoms with Crippen molar-refractivity contribution in [2.24, 2.45) is 5.73 Å². The van der Waals surface area contributed by atoms with Crippen molar-refractivity contribution in [2.45, 2.75) is 43.8 Å². The van der Waals surface area contributed by atoms with E-state index in [4.69, 9.17) is 5.73 Å². The monoisotopic (exact) mass is 262 g/mol. The van der Waals surface area contributed by atoms with Gasteiger partial charge in [-0.15, -0.1) is 0 Å². The molecule has 3 nitrogen and oxygen atoms in total. The molecule has 0 unspecified atom stereocenters. The molecular formula is C12H17F3N2O. The number of amides is 1. The Morgan fingerprint density at radius 3 is 2.39 bits per heavy atom. The van der Waals surface area contributed by atoms with Gasteiger partial charge in [0.2, 0.25) is 5.91 Å². The lowest BCUT2D eigenvalue weighted by Gasteiger charge is -2.33. The SMILES string of the molecule is NC1(C(=O)N2CC=C(C(F)(F)F)CC2)CCCC1. The lowest BCUT2D eigenvalue weighted by molar-refractivity contribution is -0.137. The molecule has 1 aliphatic carbocycles. The van der Waals surface area contributed by atoms with Crippen LogP contribution in [0.2, 0.25) is 0 Å². The lowest BCUT2D eigenvalue weighted by atomic mass is 9.96. The molecule has 1 fully saturated rings. The van der Waals surface area contributed by atoms with Crippen LogP contribution in [-0.2, 0) is 4.79 Å². The quantitative estimate of drug-likeness (QED) is 0.734. The number of hydrogen-bond donors (Lipinski definition) is 1. The highest BCUT2D eigenvalue weighted by Crippen LogP contribution is 2.33. The Kier molecular flexibility index (Phi) is 3.40. The Balaban J connectivity index is 2.02. The van der Waals surface area contributed by atoms with Crippen LogP contribution in [0.1, 0.15) is 32.1 Å². The first-order valence-electron chi connectivity index (χ1n) is 6.17. The lowest BCUT2D eigenvalue weighted by Crippen LogP contribution is -2.54. The molecule has 0 saturated heterocycles. The summed E-state index contributed by atoms with van der Waals surface area (Å²) in [5, 5.41) is 0. The van der Waals surface area contributed by atoms with Crippen LogP contribution in [0.25, 0.3) is 0 Å². The molecule has 1 aliphatic heterocycles. The second-order valence-corrected chi connectivity index (χ2v) is 5.09. The molecule has 1 amide bonds. The molecule has 2 N–H and O–H groups in total. The third-order valence-electron chi connectivity index (χ3n) is 3.78. The normalized spacial score (nSPS) is 24.0. The van der Waals surface area contributed by atoms with Crippen molar-refractivity contribution in [3.8, 4) is 0 Å². The summed E-state index contributed by atoms with van der Waals surface area (Å²) in [7, 11) is 0. The minimum Gasteiger partial charge on any atom is -0.337 e. The summed E-state index contributed by atoms with van der Waals surface area (Å²) < 4.78 is 37.3. The zero-order chi connectivity index (χ0) is 13.4. The van der Waals surface area contributed by atoms with Crippen LogP contribution in [0.5, 0.6) is 0 Å². The Labute approximate surface area is 104 Å². The van der Waals surface area contributed by atoms with E-state index in [1.807, 2.05) is 0 Å². The van der Waals surface area contributed by atoms with Crippen LogP contribution in [-0.4, -0.2) is 35.6 Å². The van der Waals surface area contributed by atoms with E-state index in [9.17, 15) is 18.0 Å². The van der Waals surface area contributed by atoms with E-state index in [0.29, 0.717) is 12.8 Å². The molecule has 18 heavy (non-hydrogen) atoms. The van der Waals surface area contributed by atoms with Crippen molar-refractivity contribution in [3.05, 3.63) is 11.6 Å². The first kappa shape index (κ1) is 13.4. The molecule has 0 radical (unpaired) electrons. The minimum atomic E-state index is -4.27. The summed E-state index contributed by atoms with van der Waals surface area (Å²) in [6.45, 7) is 0.135. The van der Waals surface area contributed by atoms with Gasteiger partial charge in [-0.1, -0.05) is 18.9 Å². The van der Waals surface area contributed by atoms with Crippen molar-refractivity contribution in [1.82, 2.24) is 4.90 Å². The van der Waals surface area contributed by atoms with Gasteiger partial charge in [-0.05, 0) is 19.3 Å². The van der Waals surface area contributed by atoms with Crippen molar-refractivity contribution < 1.29 is 18.0 Å². The highest BCUT2D eigenvalue weighted by molar-refractivity contribution is 5.86. The van der Waals surface area contributed by atoms with Gasteiger partial charge >= 0.3 is 6.18 Å².